The molecule has 0 unspecified atom stereocenters. The quantitative estimate of drug-likeness (QED) is 0.824. The number of ether oxygens (including phenoxy) is 2. The second-order valence-corrected chi connectivity index (χ2v) is 7.42. The minimum absolute atomic E-state index is 0.0290. The third kappa shape index (κ3) is 4.04. The molecule has 0 radical (unpaired) electrons. The average molecular weight is 395 g/mol. The molecule has 3 aliphatic heterocycles. The Bertz CT molecular complexity index is 755. The number of amides is 3. The molecule has 1 N–H and O–H groups in total. The molecule has 1 aromatic rings. The Morgan fingerprint density at radius 1 is 1.14 bits per heavy atom. The Kier molecular flexibility index (Phi) is 5.34. The first-order valence-electron chi connectivity index (χ1n) is 9.56. The molecule has 152 valence electrons. The zero-order valence-electron chi connectivity index (χ0n) is 15.4. The second kappa shape index (κ2) is 7.90. The fraction of sp³-hybridized carbons (Fsp3) is 0.579. The summed E-state index contributed by atoms with van der Waals surface area (Å²) in [4.78, 5) is 27.8. The number of halogens is 2. The lowest BCUT2D eigenvalue weighted by Crippen LogP contribution is -2.62. The maximum absolute atomic E-state index is 13.7. The van der Waals surface area contributed by atoms with E-state index in [1.807, 2.05) is 0 Å². The first-order chi connectivity index (χ1) is 13.5. The molecule has 0 aromatic heterocycles. The van der Waals surface area contributed by atoms with Crippen LogP contribution in [0, 0.1) is 11.6 Å². The van der Waals surface area contributed by atoms with Crippen LogP contribution in [0.3, 0.4) is 0 Å². The van der Waals surface area contributed by atoms with Crippen LogP contribution in [0.2, 0.25) is 0 Å². The highest BCUT2D eigenvalue weighted by Gasteiger charge is 2.38. The van der Waals surface area contributed by atoms with E-state index in [-0.39, 0.29) is 42.5 Å². The molecule has 1 aromatic carbocycles. The van der Waals surface area contributed by atoms with Crippen molar-refractivity contribution in [1.29, 1.82) is 0 Å². The summed E-state index contributed by atoms with van der Waals surface area (Å²) in [6, 6.07) is 3.01. The Morgan fingerprint density at radius 3 is 2.64 bits per heavy atom. The van der Waals surface area contributed by atoms with E-state index >= 15 is 0 Å². The van der Waals surface area contributed by atoms with E-state index in [4.69, 9.17) is 9.47 Å². The number of carbonyl (C=O) groups is 2. The number of hydrogen-bond donors (Lipinski definition) is 1. The number of nitrogens with one attached hydrogen (secondary N) is 1. The van der Waals surface area contributed by atoms with Gasteiger partial charge in [-0.15, -0.1) is 0 Å². The van der Waals surface area contributed by atoms with E-state index < -0.39 is 11.6 Å². The lowest BCUT2D eigenvalue weighted by atomic mass is 10.0. The van der Waals surface area contributed by atoms with E-state index in [0.717, 1.165) is 12.1 Å². The minimum Gasteiger partial charge on any atom is -0.487 e. The molecule has 4 rings (SSSR count). The Labute approximate surface area is 161 Å². The van der Waals surface area contributed by atoms with Crippen LogP contribution in [0.5, 0.6) is 5.75 Å². The zero-order valence-corrected chi connectivity index (χ0v) is 15.4. The Balaban J connectivity index is 1.28. The van der Waals surface area contributed by atoms with Crippen molar-refractivity contribution in [3.63, 3.8) is 0 Å². The highest BCUT2D eigenvalue weighted by molar-refractivity contribution is 5.79. The summed E-state index contributed by atoms with van der Waals surface area (Å²) in [5.41, 5.74) is 0. The molecule has 0 bridgehead atoms. The fourth-order valence-corrected chi connectivity index (χ4v) is 3.99. The number of rotatable bonds is 2. The molecule has 3 saturated heterocycles. The molecule has 2 atom stereocenters. The van der Waals surface area contributed by atoms with E-state index in [2.05, 4.69) is 5.32 Å². The molecule has 3 amide bonds. The second-order valence-electron chi connectivity index (χ2n) is 7.42. The summed E-state index contributed by atoms with van der Waals surface area (Å²) in [5, 5.41) is 2.89. The number of benzene rings is 1. The number of nitrogens with zero attached hydrogens (tertiary/aromatic N) is 2. The highest BCUT2D eigenvalue weighted by atomic mass is 19.1. The van der Waals surface area contributed by atoms with Crippen molar-refractivity contribution in [2.75, 3.05) is 32.8 Å². The SMILES string of the molecule is O=C1CO[C@H]2CCN(C(=O)N3CCC(Oc4ccc(F)cc4F)CC3)C[C@H]2N1. The minimum atomic E-state index is -0.724. The maximum Gasteiger partial charge on any atom is 0.320 e. The number of fused-ring (bicyclic) bond motifs is 1. The smallest absolute Gasteiger partial charge is 0.320 e. The third-order valence-corrected chi connectivity index (χ3v) is 5.49. The molecule has 0 aliphatic carbocycles. The molecular formula is C19H23F2N3O4. The molecule has 9 heteroatoms. The van der Waals surface area contributed by atoms with Gasteiger partial charge in [-0.2, -0.15) is 0 Å². The van der Waals surface area contributed by atoms with Crippen LogP contribution in [0.4, 0.5) is 13.6 Å². The van der Waals surface area contributed by atoms with Crippen LogP contribution < -0.4 is 10.1 Å². The summed E-state index contributed by atoms with van der Waals surface area (Å²) in [6.45, 7) is 2.11. The highest BCUT2D eigenvalue weighted by Crippen LogP contribution is 2.24. The number of piperidine rings is 2. The van der Waals surface area contributed by atoms with Gasteiger partial charge >= 0.3 is 6.03 Å². The third-order valence-electron chi connectivity index (χ3n) is 5.49. The zero-order chi connectivity index (χ0) is 19.7. The van der Waals surface area contributed by atoms with Gasteiger partial charge in [0.05, 0.1) is 12.1 Å². The number of urea groups is 1. The topological polar surface area (TPSA) is 71.1 Å². The van der Waals surface area contributed by atoms with Crippen molar-refractivity contribution < 1.29 is 27.8 Å². The predicted octanol–water partition coefficient (Wildman–Crippen LogP) is 1.52. The predicted molar refractivity (Wildman–Crippen MR) is 94.8 cm³/mol. The van der Waals surface area contributed by atoms with Gasteiger partial charge < -0.3 is 24.6 Å². The van der Waals surface area contributed by atoms with E-state index in [1.54, 1.807) is 9.80 Å². The number of carbonyl (C=O) groups excluding carboxylic acids is 2. The number of likely N-dealkylation sites (tertiary alicyclic amines) is 2. The fourth-order valence-electron chi connectivity index (χ4n) is 3.99. The largest absolute Gasteiger partial charge is 0.487 e. The van der Waals surface area contributed by atoms with Crippen molar-refractivity contribution in [2.24, 2.45) is 0 Å². The van der Waals surface area contributed by atoms with Gasteiger partial charge in [0.25, 0.3) is 0 Å². The van der Waals surface area contributed by atoms with Gasteiger partial charge in [-0.1, -0.05) is 0 Å². The summed E-state index contributed by atoms with van der Waals surface area (Å²) in [6.07, 6.45) is 1.58. The Hall–Kier alpha value is -2.42. The summed E-state index contributed by atoms with van der Waals surface area (Å²) in [7, 11) is 0. The van der Waals surface area contributed by atoms with Crippen molar-refractivity contribution >= 4 is 11.9 Å². The lowest BCUT2D eigenvalue weighted by Gasteiger charge is -2.43. The molecular weight excluding hydrogens is 372 g/mol. The first kappa shape index (κ1) is 18.9. The van der Waals surface area contributed by atoms with Crippen LogP contribution in [0.15, 0.2) is 18.2 Å². The molecule has 28 heavy (non-hydrogen) atoms. The summed E-state index contributed by atoms with van der Waals surface area (Å²) in [5.74, 6) is -1.49. The van der Waals surface area contributed by atoms with Gasteiger partial charge in [-0.05, 0) is 18.6 Å². The van der Waals surface area contributed by atoms with Crippen molar-refractivity contribution in [3.05, 3.63) is 29.8 Å². The van der Waals surface area contributed by atoms with E-state index in [0.29, 0.717) is 45.4 Å². The van der Waals surface area contributed by atoms with Crippen LogP contribution in [-0.2, 0) is 9.53 Å². The van der Waals surface area contributed by atoms with Crippen molar-refractivity contribution in [1.82, 2.24) is 15.1 Å². The first-order valence-corrected chi connectivity index (χ1v) is 9.56. The van der Waals surface area contributed by atoms with Gasteiger partial charge in [-0.25, -0.2) is 13.6 Å². The molecule has 3 aliphatic rings. The average Bonchev–Trinajstić information content (AvgIpc) is 2.69. The van der Waals surface area contributed by atoms with Gasteiger partial charge in [0.1, 0.15) is 18.5 Å². The van der Waals surface area contributed by atoms with Crippen LogP contribution in [0.1, 0.15) is 19.3 Å². The number of morpholine rings is 1. The molecule has 3 fully saturated rings. The normalized spacial score (nSPS) is 25.9. The van der Waals surface area contributed by atoms with Crippen LogP contribution in [0.25, 0.3) is 0 Å². The Morgan fingerprint density at radius 2 is 1.89 bits per heavy atom. The number of hydrogen-bond acceptors (Lipinski definition) is 4. The van der Waals surface area contributed by atoms with Gasteiger partial charge in [0.2, 0.25) is 5.91 Å². The van der Waals surface area contributed by atoms with Crippen molar-refractivity contribution in [2.45, 2.75) is 37.5 Å². The molecule has 3 heterocycles. The molecule has 0 spiro atoms. The van der Waals surface area contributed by atoms with Gasteiger partial charge in [0, 0.05) is 45.1 Å². The monoisotopic (exact) mass is 395 g/mol. The van der Waals surface area contributed by atoms with Gasteiger partial charge in [-0.3, -0.25) is 4.79 Å². The molecule has 7 nitrogen and oxygen atoms in total. The lowest BCUT2D eigenvalue weighted by molar-refractivity contribution is -0.139. The maximum atomic E-state index is 13.7. The summed E-state index contributed by atoms with van der Waals surface area (Å²) >= 11 is 0. The van der Waals surface area contributed by atoms with E-state index in [1.165, 1.54) is 6.07 Å². The standard InChI is InChI=1S/C19H23F2N3O4/c20-12-1-2-16(14(21)9-12)28-13-3-6-23(7-4-13)19(26)24-8-5-17-15(10-24)22-18(25)11-27-17/h1-2,9,13,15,17H,3-8,10-11H2,(H,22,25)/t15-,17+/m1/s1. The van der Waals surface area contributed by atoms with E-state index in [9.17, 15) is 18.4 Å². The molecule has 0 saturated carbocycles. The van der Waals surface area contributed by atoms with Crippen molar-refractivity contribution in [3.8, 4) is 5.75 Å². The van der Waals surface area contributed by atoms with Crippen LogP contribution >= 0.6 is 0 Å². The van der Waals surface area contributed by atoms with Crippen LogP contribution in [-0.4, -0.2) is 72.8 Å². The summed E-state index contributed by atoms with van der Waals surface area (Å²) < 4.78 is 37.9. The van der Waals surface area contributed by atoms with Gasteiger partial charge in [0.15, 0.2) is 11.6 Å².